The van der Waals surface area contributed by atoms with Gasteiger partial charge in [0.1, 0.15) is 0 Å². The maximum Gasteiger partial charge on any atom is 2.00 e. The van der Waals surface area contributed by atoms with Crippen LogP contribution in [0.5, 0.6) is 23.0 Å². The van der Waals surface area contributed by atoms with Crippen LogP contribution in [0, 0.1) is 24.3 Å². The zero-order valence-corrected chi connectivity index (χ0v) is 34.4. The summed E-state index contributed by atoms with van der Waals surface area (Å²) in [6.07, 6.45) is 7.24. The van der Waals surface area contributed by atoms with Crippen LogP contribution < -0.4 is 9.47 Å². The smallest absolute Gasteiger partial charge is 0.503 e. The zero-order valence-electron chi connectivity index (χ0n) is 31.3. The summed E-state index contributed by atoms with van der Waals surface area (Å²) in [4.78, 5) is 18.9. The number of rotatable bonds is 8. The number of hydrogen-bond acceptors (Lipinski definition) is 6. The molecule has 0 N–H and O–H groups in total. The van der Waals surface area contributed by atoms with Crippen LogP contribution in [0.2, 0.25) is 0 Å². The van der Waals surface area contributed by atoms with Crippen molar-refractivity contribution < 1.29 is 50.3 Å². The Morgan fingerprint density at radius 2 is 0.850 bits per heavy atom. The van der Waals surface area contributed by atoms with E-state index in [0.717, 1.165) is 61.0 Å². The maximum atomic E-state index is 6.40. The first-order chi connectivity index (χ1) is 28.7. The molecule has 0 aliphatic carbocycles. The molecule has 290 valence electrons. The van der Waals surface area contributed by atoms with Crippen LogP contribution in [0.4, 0.5) is 0 Å². The first-order valence-electron chi connectivity index (χ1n) is 18.7. The second kappa shape index (κ2) is 16.5. The average Bonchev–Trinajstić information content (AvgIpc) is 3.79. The minimum Gasteiger partial charge on any atom is -0.503 e. The Morgan fingerprint density at radius 1 is 0.383 bits per heavy atom. The number of aromatic nitrogens is 6. The molecule has 0 aliphatic rings. The van der Waals surface area contributed by atoms with Crippen molar-refractivity contribution in [3.05, 3.63) is 195 Å². The van der Waals surface area contributed by atoms with Crippen molar-refractivity contribution in [1.82, 2.24) is 29.1 Å². The van der Waals surface area contributed by atoms with E-state index in [2.05, 4.69) is 87.3 Å². The Labute approximate surface area is 372 Å². The van der Waals surface area contributed by atoms with Crippen LogP contribution in [0.25, 0.3) is 77.8 Å². The number of hydrogen-bond donors (Lipinski definition) is 0. The largest absolute Gasteiger partial charge is 2.00 e. The molecule has 0 fully saturated rings. The number of pyridine rings is 2. The summed E-state index contributed by atoms with van der Waals surface area (Å²) in [6, 6.07) is 61.5. The van der Waals surface area contributed by atoms with Gasteiger partial charge < -0.3 is 28.6 Å². The monoisotopic (exact) mass is 956 g/mol. The third-order valence-electron chi connectivity index (χ3n) is 10.1. The summed E-state index contributed by atoms with van der Waals surface area (Å²) >= 11 is 0. The summed E-state index contributed by atoms with van der Waals surface area (Å²) in [7, 11) is 0. The van der Waals surface area contributed by atoms with Crippen molar-refractivity contribution in [2.45, 2.75) is 0 Å². The van der Waals surface area contributed by atoms with Gasteiger partial charge in [-0.1, -0.05) is 83.8 Å². The molecular weight excluding hydrogens is 929 g/mol. The van der Waals surface area contributed by atoms with Crippen LogP contribution in [0.1, 0.15) is 0 Å². The van der Waals surface area contributed by atoms with Gasteiger partial charge in [0.15, 0.2) is 0 Å². The van der Waals surface area contributed by atoms with E-state index in [1.165, 1.54) is 10.8 Å². The number of nitrogens with zero attached hydrogens (tertiary/aromatic N) is 6. The Kier molecular flexibility index (Phi) is 10.6. The average molecular weight is 958 g/mol. The first-order valence-corrected chi connectivity index (χ1v) is 18.7. The molecule has 5 heterocycles. The standard InChI is InChI=1S/C50H28N6O2.2Pd/c1-3-19-46-40(15-1)41-16-2-4-20-47(41)55(46)35-31-53-50(54-32-35)56-48-29-38(57-36-13-9-11-33(27-36)44-17-5-7-25-51-44)21-23-42(48)43-24-22-39(30-49(43)56)58-37-14-10-12-34(28-37)45-18-6-8-26-52-45;;/h1-26,31-32H;;/q-4;2*+2. The molecule has 11 rings (SSSR count). The summed E-state index contributed by atoms with van der Waals surface area (Å²) in [5.41, 5.74) is 7.71. The second-order valence-electron chi connectivity index (χ2n) is 13.6. The minimum absolute atomic E-state index is 0. The van der Waals surface area contributed by atoms with E-state index in [1.807, 2.05) is 114 Å². The van der Waals surface area contributed by atoms with Gasteiger partial charge in [-0.25, -0.2) is 9.97 Å². The van der Waals surface area contributed by atoms with Gasteiger partial charge >= 0.3 is 40.8 Å². The summed E-state index contributed by atoms with van der Waals surface area (Å²) < 4.78 is 16.9. The molecule has 0 radical (unpaired) electrons. The van der Waals surface area contributed by atoms with Crippen LogP contribution in [0.15, 0.2) is 170 Å². The zero-order chi connectivity index (χ0) is 38.4. The maximum absolute atomic E-state index is 6.40. The molecule has 0 amide bonds. The molecule has 0 saturated carbocycles. The van der Waals surface area contributed by atoms with Crippen molar-refractivity contribution in [3.8, 4) is 57.1 Å². The normalized spacial score (nSPS) is 11.1. The number of benzene rings is 6. The van der Waals surface area contributed by atoms with Gasteiger partial charge in [0.05, 0.1) is 29.1 Å². The molecule has 6 aromatic carbocycles. The molecule has 11 aromatic rings. The van der Waals surface area contributed by atoms with Gasteiger partial charge in [-0.3, -0.25) is 0 Å². The molecular formula is C50H28N6O2Pd2. The quantitative estimate of drug-likeness (QED) is 0.111. The predicted octanol–water partition coefficient (Wildman–Crippen LogP) is 11.6. The molecule has 0 atom stereocenters. The Hall–Kier alpha value is -6.78. The van der Waals surface area contributed by atoms with Gasteiger partial charge in [0.25, 0.3) is 0 Å². The molecule has 10 heteroatoms. The SMILES string of the molecule is [Pd+2].[Pd+2].[c-]1c(Oc2[c-]c3c(cc2)c2ccc(Oc4[c-]c(-c5ccccn5)ccc4)[c-]c2n3-c2ncc(-n3c4ccccc4c4ccccc43)cn2)cccc1-c1ccccn1. The first kappa shape index (κ1) is 38.7. The van der Waals surface area contributed by atoms with Crippen LogP contribution >= 0.6 is 0 Å². The van der Waals surface area contributed by atoms with Gasteiger partial charge in [-0.2, -0.15) is 22.9 Å². The summed E-state index contributed by atoms with van der Waals surface area (Å²) in [5.74, 6) is 2.54. The van der Waals surface area contributed by atoms with Crippen molar-refractivity contribution in [3.63, 3.8) is 0 Å². The fourth-order valence-corrected chi connectivity index (χ4v) is 7.49. The molecule has 0 spiro atoms. The Morgan fingerprint density at radius 3 is 1.33 bits per heavy atom. The molecule has 0 aliphatic heterocycles. The molecule has 0 bridgehead atoms. The fourth-order valence-electron chi connectivity index (χ4n) is 7.49. The van der Waals surface area contributed by atoms with Crippen molar-refractivity contribution in [2.75, 3.05) is 0 Å². The van der Waals surface area contributed by atoms with E-state index in [-0.39, 0.29) is 40.8 Å². The summed E-state index contributed by atoms with van der Waals surface area (Å²) in [5, 5.41) is 4.18. The number of ether oxygens (including phenoxy) is 2. The Balaban J connectivity index is 0.00000231. The minimum atomic E-state index is 0. The topological polar surface area (TPSA) is 79.9 Å². The van der Waals surface area contributed by atoms with E-state index in [0.29, 0.717) is 28.9 Å². The number of fused-ring (bicyclic) bond motifs is 6. The predicted molar refractivity (Wildman–Crippen MR) is 226 cm³/mol. The fraction of sp³-hybridized carbons (Fsp3) is 0. The van der Waals surface area contributed by atoms with Crippen molar-refractivity contribution >= 4 is 43.6 Å². The number of para-hydroxylation sites is 2. The van der Waals surface area contributed by atoms with Crippen molar-refractivity contribution in [2.24, 2.45) is 0 Å². The van der Waals surface area contributed by atoms with Crippen molar-refractivity contribution in [1.29, 1.82) is 0 Å². The second-order valence-corrected chi connectivity index (χ2v) is 13.6. The summed E-state index contributed by atoms with van der Waals surface area (Å²) in [6.45, 7) is 0. The van der Waals surface area contributed by atoms with E-state index in [4.69, 9.17) is 19.4 Å². The van der Waals surface area contributed by atoms with Gasteiger partial charge in [-0.15, -0.1) is 71.8 Å². The van der Waals surface area contributed by atoms with Crippen LogP contribution in [-0.4, -0.2) is 29.1 Å². The van der Waals surface area contributed by atoms with Crippen LogP contribution in [-0.2, 0) is 40.8 Å². The van der Waals surface area contributed by atoms with Gasteiger partial charge in [0.2, 0.25) is 5.95 Å². The third kappa shape index (κ3) is 7.07. The van der Waals surface area contributed by atoms with Gasteiger partial charge in [-0.05, 0) is 35.7 Å². The van der Waals surface area contributed by atoms with E-state index in [1.54, 1.807) is 12.4 Å². The molecule has 0 unspecified atom stereocenters. The Bertz CT molecular complexity index is 3100. The molecule has 5 aromatic heterocycles. The van der Waals surface area contributed by atoms with E-state index < -0.39 is 0 Å². The molecule has 60 heavy (non-hydrogen) atoms. The molecule has 8 nitrogen and oxygen atoms in total. The van der Waals surface area contributed by atoms with Crippen LogP contribution in [0.3, 0.4) is 0 Å². The molecule has 0 saturated heterocycles. The van der Waals surface area contributed by atoms with E-state index in [9.17, 15) is 0 Å². The third-order valence-corrected chi connectivity index (χ3v) is 10.1. The van der Waals surface area contributed by atoms with E-state index >= 15 is 0 Å². The van der Waals surface area contributed by atoms with Gasteiger partial charge in [0, 0.05) is 46.2 Å².